The van der Waals surface area contributed by atoms with E-state index in [2.05, 4.69) is 23.7 Å². The van der Waals surface area contributed by atoms with Crippen molar-refractivity contribution in [3.63, 3.8) is 0 Å². The molecule has 2 rings (SSSR count). The van der Waals surface area contributed by atoms with Crippen molar-refractivity contribution >= 4 is 16.9 Å². The summed E-state index contributed by atoms with van der Waals surface area (Å²) >= 11 is 1.73. The Bertz CT molecular complexity index is 281. The van der Waals surface area contributed by atoms with Gasteiger partial charge in [0, 0.05) is 24.9 Å². The molecule has 4 atom stereocenters. The van der Waals surface area contributed by atoms with E-state index in [-0.39, 0.29) is 29.9 Å². The van der Waals surface area contributed by atoms with Crippen LogP contribution in [0.15, 0.2) is 4.99 Å². The van der Waals surface area contributed by atoms with E-state index in [4.69, 9.17) is 0 Å². The molecule has 1 saturated carbocycles. The van der Waals surface area contributed by atoms with Gasteiger partial charge in [0.2, 0.25) is 0 Å². The number of thioether (sulfide) groups is 1. The Labute approximate surface area is 101 Å². The second-order valence-corrected chi connectivity index (χ2v) is 5.55. The predicted molar refractivity (Wildman–Crippen MR) is 66.7 cm³/mol. The molecular weight excluding hydrogens is 224 g/mol. The molecule has 1 aliphatic carbocycles. The van der Waals surface area contributed by atoms with Crippen molar-refractivity contribution in [3.8, 4) is 0 Å². The zero-order valence-electron chi connectivity index (χ0n) is 9.83. The minimum atomic E-state index is -0.372. The maximum absolute atomic E-state index is 9.90. The predicted octanol–water partition coefficient (Wildman–Crippen LogP) is 0.541. The molecule has 2 aliphatic rings. The highest BCUT2D eigenvalue weighted by atomic mass is 32.2. The highest BCUT2D eigenvalue weighted by Crippen LogP contribution is 2.43. The summed E-state index contributed by atoms with van der Waals surface area (Å²) in [6.45, 7) is 6.27. The third-order valence-electron chi connectivity index (χ3n) is 3.51. The van der Waals surface area contributed by atoms with Gasteiger partial charge in [-0.2, -0.15) is 0 Å². The van der Waals surface area contributed by atoms with Crippen LogP contribution in [0.2, 0.25) is 0 Å². The lowest BCUT2D eigenvalue weighted by Crippen LogP contribution is -2.28. The van der Waals surface area contributed by atoms with Crippen LogP contribution in [-0.2, 0) is 0 Å². The largest absolute Gasteiger partial charge is 0.396 e. The first-order valence-electron chi connectivity index (χ1n) is 5.99. The van der Waals surface area contributed by atoms with Crippen molar-refractivity contribution in [3.05, 3.63) is 0 Å². The van der Waals surface area contributed by atoms with Gasteiger partial charge in [0.1, 0.15) is 0 Å². The molecule has 0 amide bonds. The SMILES string of the molecule is CCN(CC)C1=NC2C(O)CC(CO)C2S1. The monoisotopic (exact) mass is 244 g/mol. The fourth-order valence-corrected chi connectivity index (χ4v) is 4.12. The second-order valence-electron chi connectivity index (χ2n) is 4.40. The third kappa shape index (κ3) is 1.96. The zero-order valence-corrected chi connectivity index (χ0v) is 10.7. The van der Waals surface area contributed by atoms with Gasteiger partial charge in [0.25, 0.3) is 0 Å². The Hall–Kier alpha value is -0.260. The van der Waals surface area contributed by atoms with Gasteiger partial charge in [-0.05, 0) is 26.2 Å². The summed E-state index contributed by atoms with van der Waals surface area (Å²) in [4.78, 5) is 6.83. The number of aliphatic imine (C=N–C) groups is 1. The molecule has 0 aromatic carbocycles. The number of aliphatic hydroxyl groups excluding tert-OH is 2. The minimum Gasteiger partial charge on any atom is -0.396 e. The van der Waals surface area contributed by atoms with Gasteiger partial charge in [0.05, 0.1) is 12.1 Å². The van der Waals surface area contributed by atoms with E-state index in [0.29, 0.717) is 6.42 Å². The standard InChI is InChI=1S/C11H20N2O2S/c1-3-13(4-2)11-12-9-8(15)5-7(6-14)10(9)16-11/h7-10,14-15H,3-6H2,1-2H3. The van der Waals surface area contributed by atoms with Crippen molar-refractivity contribution < 1.29 is 10.2 Å². The average molecular weight is 244 g/mol. The highest BCUT2D eigenvalue weighted by Gasteiger charge is 2.47. The normalized spacial score (nSPS) is 37.4. The van der Waals surface area contributed by atoms with Gasteiger partial charge in [-0.15, -0.1) is 0 Å². The smallest absolute Gasteiger partial charge is 0.159 e. The first kappa shape index (κ1) is 12.2. The molecule has 1 aliphatic heterocycles. The van der Waals surface area contributed by atoms with Crippen molar-refractivity contribution in [2.24, 2.45) is 10.9 Å². The summed E-state index contributed by atoms with van der Waals surface area (Å²) in [5.74, 6) is 0.196. The molecule has 2 N–H and O–H groups in total. The molecule has 1 heterocycles. The van der Waals surface area contributed by atoms with Gasteiger partial charge < -0.3 is 15.1 Å². The van der Waals surface area contributed by atoms with E-state index in [9.17, 15) is 10.2 Å². The van der Waals surface area contributed by atoms with Crippen LogP contribution in [0.1, 0.15) is 20.3 Å². The van der Waals surface area contributed by atoms with E-state index in [0.717, 1.165) is 18.3 Å². The Kier molecular flexibility index (Phi) is 3.77. The number of fused-ring (bicyclic) bond motifs is 1. The first-order valence-corrected chi connectivity index (χ1v) is 6.87. The summed E-state index contributed by atoms with van der Waals surface area (Å²) in [6.07, 6.45) is 0.316. The van der Waals surface area contributed by atoms with Gasteiger partial charge in [-0.3, -0.25) is 4.99 Å². The number of amidine groups is 1. The Morgan fingerprint density at radius 3 is 2.69 bits per heavy atom. The van der Waals surface area contributed by atoms with Crippen LogP contribution in [0.3, 0.4) is 0 Å². The third-order valence-corrected chi connectivity index (χ3v) is 5.02. The van der Waals surface area contributed by atoms with E-state index in [1.807, 2.05) is 0 Å². The van der Waals surface area contributed by atoms with E-state index in [1.54, 1.807) is 11.8 Å². The van der Waals surface area contributed by atoms with E-state index in [1.165, 1.54) is 0 Å². The minimum absolute atomic E-state index is 0.00208. The van der Waals surface area contributed by atoms with Crippen LogP contribution in [0.4, 0.5) is 0 Å². The fourth-order valence-electron chi connectivity index (χ4n) is 2.52. The molecule has 5 heteroatoms. The lowest BCUT2D eigenvalue weighted by molar-refractivity contribution is 0.153. The lowest BCUT2D eigenvalue weighted by atomic mass is 10.1. The summed E-state index contributed by atoms with van der Waals surface area (Å²) in [5, 5.41) is 20.5. The molecule has 0 radical (unpaired) electrons. The Morgan fingerprint density at radius 2 is 2.12 bits per heavy atom. The molecule has 0 saturated heterocycles. The number of rotatable bonds is 3. The maximum Gasteiger partial charge on any atom is 0.159 e. The summed E-state index contributed by atoms with van der Waals surface area (Å²) in [7, 11) is 0. The van der Waals surface area contributed by atoms with Gasteiger partial charge in [0.15, 0.2) is 5.17 Å². The molecule has 0 spiro atoms. The maximum atomic E-state index is 9.90. The van der Waals surface area contributed by atoms with Gasteiger partial charge >= 0.3 is 0 Å². The van der Waals surface area contributed by atoms with Crippen LogP contribution >= 0.6 is 11.8 Å². The number of aliphatic hydroxyl groups is 2. The Balaban J connectivity index is 2.09. The average Bonchev–Trinajstić information content (AvgIpc) is 2.82. The van der Waals surface area contributed by atoms with Crippen molar-refractivity contribution in [2.75, 3.05) is 19.7 Å². The molecule has 1 fully saturated rings. The number of hydrogen-bond acceptors (Lipinski definition) is 5. The van der Waals surface area contributed by atoms with E-state index < -0.39 is 0 Å². The fraction of sp³-hybridized carbons (Fsp3) is 0.909. The van der Waals surface area contributed by atoms with E-state index >= 15 is 0 Å². The van der Waals surface area contributed by atoms with Crippen molar-refractivity contribution in [1.29, 1.82) is 0 Å². The highest BCUT2D eigenvalue weighted by molar-refractivity contribution is 8.14. The van der Waals surface area contributed by atoms with Crippen molar-refractivity contribution in [2.45, 2.75) is 37.7 Å². The van der Waals surface area contributed by atoms with Crippen LogP contribution < -0.4 is 0 Å². The summed E-state index contributed by atoms with van der Waals surface area (Å²) in [5.41, 5.74) is 0. The molecule has 0 aromatic heterocycles. The van der Waals surface area contributed by atoms with Crippen molar-refractivity contribution in [1.82, 2.24) is 4.90 Å². The molecular formula is C11H20N2O2S. The number of nitrogens with zero attached hydrogens (tertiary/aromatic N) is 2. The quantitative estimate of drug-likeness (QED) is 0.761. The molecule has 4 nitrogen and oxygen atoms in total. The van der Waals surface area contributed by atoms with Crippen LogP contribution in [0, 0.1) is 5.92 Å². The summed E-state index contributed by atoms with van der Waals surface area (Å²) in [6, 6.07) is -0.00208. The summed E-state index contributed by atoms with van der Waals surface area (Å²) < 4.78 is 0. The van der Waals surface area contributed by atoms with Crippen LogP contribution in [0.5, 0.6) is 0 Å². The molecule has 16 heavy (non-hydrogen) atoms. The van der Waals surface area contributed by atoms with Gasteiger partial charge in [-0.25, -0.2) is 0 Å². The van der Waals surface area contributed by atoms with Gasteiger partial charge in [-0.1, -0.05) is 11.8 Å². The second kappa shape index (κ2) is 4.94. The lowest BCUT2D eigenvalue weighted by Gasteiger charge is -2.21. The molecule has 92 valence electrons. The first-order chi connectivity index (χ1) is 7.71. The topological polar surface area (TPSA) is 56.1 Å². The van der Waals surface area contributed by atoms with Crippen LogP contribution in [-0.4, -0.2) is 57.4 Å². The molecule has 0 aromatic rings. The Morgan fingerprint density at radius 1 is 1.44 bits per heavy atom. The van der Waals surface area contributed by atoms with Crippen LogP contribution in [0.25, 0.3) is 0 Å². The molecule has 0 bridgehead atoms. The zero-order chi connectivity index (χ0) is 11.7. The molecule has 4 unspecified atom stereocenters. The number of hydrogen-bond donors (Lipinski definition) is 2.